The molecule has 1 aromatic carbocycles. The van der Waals surface area contributed by atoms with Crippen molar-refractivity contribution in [1.29, 1.82) is 0 Å². The number of benzene rings is 1. The van der Waals surface area contributed by atoms with E-state index in [0.717, 1.165) is 18.4 Å². The lowest BCUT2D eigenvalue weighted by atomic mass is 9.79. The average Bonchev–Trinajstić information content (AvgIpc) is 2.39. The molecule has 0 N–H and O–H groups in total. The molecule has 1 aliphatic carbocycles. The zero-order valence-electron chi connectivity index (χ0n) is 10.8. The monoisotopic (exact) mass is 258 g/mol. The second-order valence-corrected chi connectivity index (χ2v) is 4.80. The molecular weight excluding hydrogens is 243 g/mol. The molecule has 0 aromatic heterocycles. The highest BCUT2D eigenvalue weighted by Crippen LogP contribution is 2.38. The first-order valence-electron chi connectivity index (χ1n) is 6.14. The van der Waals surface area contributed by atoms with Gasteiger partial charge in [-0.25, -0.2) is 9.18 Å². The van der Waals surface area contributed by atoms with E-state index in [1.807, 2.05) is 0 Å². The number of ether oxygens (including phenoxy) is 1. The molecule has 1 aromatic rings. The summed E-state index contributed by atoms with van der Waals surface area (Å²) in [5.74, 6) is 1.61. The second-order valence-electron chi connectivity index (χ2n) is 4.80. The van der Waals surface area contributed by atoms with Crippen molar-refractivity contribution in [2.24, 2.45) is 0 Å². The molecule has 0 saturated carbocycles. The van der Waals surface area contributed by atoms with E-state index in [9.17, 15) is 9.18 Å². The number of rotatable bonds is 2. The summed E-state index contributed by atoms with van der Waals surface area (Å²) >= 11 is 0. The zero-order chi connectivity index (χ0) is 14.0. The maximum Gasteiger partial charge on any atom is 0.334 e. The van der Waals surface area contributed by atoms with Crippen LogP contribution in [0, 0.1) is 18.2 Å². The highest BCUT2D eigenvalue weighted by Gasteiger charge is 2.39. The zero-order valence-corrected chi connectivity index (χ0v) is 10.8. The van der Waals surface area contributed by atoms with E-state index in [1.165, 1.54) is 12.1 Å². The normalized spacial score (nSPS) is 21.1. The molecule has 0 fully saturated rings. The second kappa shape index (κ2) is 4.89. The lowest BCUT2D eigenvalue weighted by Crippen LogP contribution is -2.35. The van der Waals surface area contributed by atoms with E-state index in [0.29, 0.717) is 12.0 Å². The summed E-state index contributed by atoms with van der Waals surface area (Å²) in [7, 11) is 0. The predicted molar refractivity (Wildman–Crippen MR) is 70.8 cm³/mol. The van der Waals surface area contributed by atoms with Crippen molar-refractivity contribution in [2.45, 2.75) is 31.8 Å². The van der Waals surface area contributed by atoms with Crippen LogP contribution in [0.4, 0.5) is 4.39 Å². The molecular formula is C16H15FO2. The predicted octanol–water partition coefficient (Wildman–Crippen LogP) is 3.11. The standard InChI is InChI=1S/C16H15FO2/c1-4-16(19-15(18)11(2)3)9-5-6-12-7-8-13(17)10-14(12)16/h1,7-8,10H,2,5-6,9H2,3H3. The molecule has 0 aliphatic heterocycles. The molecule has 3 heteroatoms. The number of fused-ring (bicyclic) bond motifs is 1. The van der Waals surface area contributed by atoms with Gasteiger partial charge in [0.2, 0.25) is 0 Å². The third-order valence-electron chi connectivity index (χ3n) is 3.33. The Morgan fingerprint density at radius 3 is 2.95 bits per heavy atom. The molecule has 19 heavy (non-hydrogen) atoms. The number of carbonyl (C=O) groups excluding carboxylic acids is 1. The fourth-order valence-corrected chi connectivity index (χ4v) is 2.34. The average molecular weight is 258 g/mol. The van der Waals surface area contributed by atoms with Gasteiger partial charge in [0, 0.05) is 17.6 Å². The number of hydrogen-bond donors (Lipinski definition) is 0. The minimum absolute atomic E-state index is 0.276. The summed E-state index contributed by atoms with van der Waals surface area (Å²) in [6.07, 6.45) is 7.68. The summed E-state index contributed by atoms with van der Waals surface area (Å²) in [4.78, 5) is 11.8. The van der Waals surface area contributed by atoms with Crippen LogP contribution in [-0.4, -0.2) is 5.97 Å². The molecule has 0 saturated heterocycles. The van der Waals surface area contributed by atoms with Gasteiger partial charge >= 0.3 is 5.97 Å². The first kappa shape index (κ1) is 13.4. The van der Waals surface area contributed by atoms with E-state index in [2.05, 4.69) is 12.5 Å². The van der Waals surface area contributed by atoms with Gasteiger partial charge in [-0.3, -0.25) is 0 Å². The maximum absolute atomic E-state index is 13.4. The first-order valence-corrected chi connectivity index (χ1v) is 6.14. The summed E-state index contributed by atoms with van der Waals surface area (Å²) in [5, 5.41) is 0. The molecule has 0 amide bonds. The van der Waals surface area contributed by atoms with Crippen molar-refractivity contribution in [3.63, 3.8) is 0 Å². The van der Waals surface area contributed by atoms with Crippen molar-refractivity contribution in [3.8, 4) is 12.3 Å². The smallest absolute Gasteiger partial charge is 0.334 e. The number of esters is 1. The SMILES string of the molecule is C#CC1(OC(=O)C(=C)C)CCCc2ccc(F)cc21. The first-order chi connectivity index (χ1) is 8.98. The van der Waals surface area contributed by atoms with Crippen LogP contribution in [0.5, 0.6) is 0 Å². The Labute approximate surface area is 112 Å². The van der Waals surface area contributed by atoms with Crippen LogP contribution in [-0.2, 0) is 21.6 Å². The molecule has 0 bridgehead atoms. The van der Waals surface area contributed by atoms with Crippen molar-refractivity contribution >= 4 is 5.97 Å². The number of hydrogen-bond acceptors (Lipinski definition) is 2. The van der Waals surface area contributed by atoms with Crippen LogP contribution in [0.15, 0.2) is 30.4 Å². The number of halogens is 1. The van der Waals surface area contributed by atoms with Gasteiger partial charge in [-0.2, -0.15) is 0 Å². The third-order valence-corrected chi connectivity index (χ3v) is 3.33. The molecule has 2 rings (SSSR count). The summed E-state index contributed by atoms with van der Waals surface area (Å²) in [5.41, 5.74) is 0.611. The Morgan fingerprint density at radius 2 is 2.32 bits per heavy atom. The van der Waals surface area contributed by atoms with Gasteiger partial charge < -0.3 is 4.74 Å². The lowest BCUT2D eigenvalue weighted by molar-refractivity contribution is -0.151. The van der Waals surface area contributed by atoms with Gasteiger partial charge in [0.25, 0.3) is 0 Å². The summed E-state index contributed by atoms with van der Waals surface area (Å²) < 4.78 is 18.9. The van der Waals surface area contributed by atoms with Gasteiger partial charge in [0.05, 0.1) is 0 Å². The van der Waals surface area contributed by atoms with Crippen LogP contribution in [0.25, 0.3) is 0 Å². The molecule has 0 heterocycles. The van der Waals surface area contributed by atoms with Crippen LogP contribution >= 0.6 is 0 Å². The van der Waals surface area contributed by atoms with Gasteiger partial charge in [0.1, 0.15) is 5.82 Å². The Kier molecular flexibility index (Phi) is 3.44. The highest BCUT2D eigenvalue weighted by molar-refractivity contribution is 5.87. The Morgan fingerprint density at radius 1 is 1.58 bits per heavy atom. The topological polar surface area (TPSA) is 26.3 Å². The summed E-state index contributed by atoms with van der Waals surface area (Å²) in [6, 6.07) is 4.45. The minimum Gasteiger partial charge on any atom is -0.438 e. The number of carbonyl (C=O) groups is 1. The Bertz CT molecular complexity index is 583. The van der Waals surface area contributed by atoms with Gasteiger partial charge in [-0.1, -0.05) is 18.6 Å². The molecule has 1 unspecified atom stereocenters. The third kappa shape index (κ3) is 2.39. The minimum atomic E-state index is -1.17. The molecule has 98 valence electrons. The molecule has 1 aliphatic rings. The number of aryl methyl sites for hydroxylation is 1. The quantitative estimate of drug-likeness (QED) is 0.463. The summed E-state index contributed by atoms with van der Waals surface area (Å²) in [6.45, 7) is 5.10. The maximum atomic E-state index is 13.4. The van der Waals surface area contributed by atoms with E-state index < -0.39 is 11.6 Å². The van der Waals surface area contributed by atoms with Crippen molar-refractivity contribution in [3.05, 3.63) is 47.3 Å². The largest absolute Gasteiger partial charge is 0.438 e. The fourth-order valence-electron chi connectivity index (χ4n) is 2.34. The van der Waals surface area contributed by atoms with Crippen molar-refractivity contribution in [2.75, 3.05) is 0 Å². The number of terminal acetylenes is 1. The Hall–Kier alpha value is -2.08. The highest BCUT2D eigenvalue weighted by atomic mass is 19.1. The fraction of sp³-hybridized carbons (Fsp3) is 0.312. The molecule has 1 atom stereocenters. The van der Waals surface area contributed by atoms with Crippen LogP contribution in [0.3, 0.4) is 0 Å². The van der Waals surface area contributed by atoms with E-state index in [1.54, 1.807) is 13.0 Å². The van der Waals surface area contributed by atoms with E-state index in [-0.39, 0.29) is 11.4 Å². The van der Waals surface area contributed by atoms with Crippen LogP contribution in [0.1, 0.15) is 30.9 Å². The van der Waals surface area contributed by atoms with Gasteiger partial charge in [-0.15, -0.1) is 6.42 Å². The van der Waals surface area contributed by atoms with Crippen molar-refractivity contribution in [1.82, 2.24) is 0 Å². The molecule has 0 spiro atoms. The van der Waals surface area contributed by atoms with Gasteiger partial charge in [0.15, 0.2) is 5.60 Å². The Balaban J connectivity index is 2.49. The van der Waals surface area contributed by atoms with E-state index >= 15 is 0 Å². The molecule has 2 nitrogen and oxygen atoms in total. The van der Waals surface area contributed by atoms with Crippen molar-refractivity contribution < 1.29 is 13.9 Å². The lowest BCUT2D eigenvalue weighted by Gasteiger charge is -2.34. The van der Waals surface area contributed by atoms with Crippen LogP contribution in [0.2, 0.25) is 0 Å². The van der Waals surface area contributed by atoms with Gasteiger partial charge in [-0.05, 0) is 37.5 Å². The van der Waals surface area contributed by atoms with Crippen LogP contribution < -0.4 is 0 Å². The van der Waals surface area contributed by atoms with E-state index in [4.69, 9.17) is 11.2 Å². The molecule has 0 radical (unpaired) electrons.